The predicted octanol–water partition coefficient (Wildman–Crippen LogP) is 4.11. The summed E-state index contributed by atoms with van der Waals surface area (Å²) >= 11 is 9.32. The lowest BCUT2D eigenvalue weighted by atomic mass is 10.3. The van der Waals surface area contributed by atoms with Crippen LogP contribution in [-0.4, -0.2) is 4.98 Å². The average Bonchev–Trinajstić information content (AvgIpc) is 2.35. The van der Waals surface area contributed by atoms with Gasteiger partial charge in [0.05, 0.1) is 11.3 Å². The molecule has 84 valence electrons. The predicted molar refractivity (Wildman–Crippen MR) is 71.4 cm³/mol. The van der Waals surface area contributed by atoms with Gasteiger partial charge in [-0.3, -0.25) is 0 Å². The van der Waals surface area contributed by atoms with Crippen LogP contribution in [0.5, 0.6) is 0 Å². The van der Waals surface area contributed by atoms with Gasteiger partial charge < -0.3 is 5.32 Å². The first-order valence-electron chi connectivity index (χ1n) is 4.77. The Balaban J connectivity index is 2.25. The van der Waals surface area contributed by atoms with Crippen molar-refractivity contribution >= 4 is 39.0 Å². The number of nitriles is 1. The van der Waals surface area contributed by atoms with Crippen LogP contribution >= 0.6 is 27.5 Å². The molecule has 0 unspecified atom stereocenters. The number of hydrogen-bond donors (Lipinski definition) is 1. The maximum absolute atomic E-state index is 8.66. The van der Waals surface area contributed by atoms with Crippen LogP contribution in [0.3, 0.4) is 0 Å². The van der Waals surface area contributed by atoms with Gasteiger partial charge in [0.1, 0.15) is 11.9 Å². The zero-order valence-electron chi connectivity index (χ0n) is 8.61. The number of nitrogens with zero attached hydrogens (tertiary/aromatic N) is 2. The van der Waals surface area contributed by atoms with Gasteiger partial charge in [0.25, 0.3) is 0 Å². The van der Waals surface area contributed by atoms with Crippen LogP contribution in [0.25, 0.3) is 0 Å². The Bertz CT molecular complexity index is 575. The second-order valence-electron chi connectivity index (χ2n) is 3.29. The molecule has 5 heteroatoms. The van der Waals surface area contributed by atoms with Crippen molar-refractivity contribution in [1.82, 2.24) is 4.98 Å². The lowest BCUT2D eigenvalue weighted by Gasteiger charge is -2.07. The highest BCUT2D eigenvalue weighted by Crippen LogP contribution is 2.28. The highest BCUT2D eigenvalue weighted by atomic mass is 79.9. The molecular weight excluding hydrogens is 302 g/mol. The van der Waals surface area contributed by atoms with E-state index in [1.54, 1.807) is 24.3 Å². The molecule has 0 saturated heterocycles. The Labute approximate surface area is 112 Å². The van der Waals surface area contributed by atoms with Crippen LogP contribution in [0, 0.1) is 11.3 Å². The fraction of sp³-hybridized carbons (Fsp3) is 0. The Morgan fingerprint density at radius 3 is 2.76 bits per heavy atom. The van der Waals surface area contributed by atoms with E-state index in [1.165, 1.54) is 6.20 Å². The Morgan fingerprint density at radius 1 is 1.29 bits per heavy atom. The second-order valence-corrected chi connectivity index (χ2v) is 4.58. The molecule has 0 aliphatic rings. The van der Waals surface area contributed by atoms with Crippen molar-refractivity contribution in [1.29, 1.82) is 5.26 Å². The van der Waals surface area contributed by atoms with Crippen LogP contribution < -0.4 is 5.32 Å². The molecule has 2 aromatic rings. The van der Waals surface area contributed by atoms with Crippen LogP contribution in [-0.2, 0) is 0 Å². The number of pyridine rings is 1. The summed E-state index contributed by atoms with van der Waals surface area (Å²) in [5.41, 5.74) is 1.36. The molecule has 17 heavy (non-hydrogen) atoms. The van der Waals surface area contributed by atoms with E-state index in [1.807, 2.05) is 12.1 Å². The molecule has 1 N–H and O–H groups in total. The number of nitrogens with one attached hydrogen (secondary N) is 1. The molecule has 0 bridgehead atoms. The highest BCUT2D eigenvalue weighted by Gasteiger charge is 2.02. The van der Waals surface area contributed by atoms with Crippen molar-refractivity contribution < 1.29 is 0 Å². The third-order valence-corrected chi connectivity index (χ3v) is 3.01. The normalized spacial score (nSPS) is 9.71. The van der Waals surface area contributed by atoms with Crippen LogP contribution in [0.4, 0.5) is 11.5 Å². The minimum Gasteiger partial charge on any atom is -0.339 e. The standard InChI is InChI=1S/C12H7BrClN3/c13-10-3-2-9(14)5-11(10)17-12-4-1-8(6-15)7-16-12/h1-5,7H,(H,16,17). The molecular formula is C12H7BrClN3. The Hall–Kier alpha value is -1.57. The zero-order valence-corrected chi connectivity index (χ0v) is 11.0. The topological polar surface area (TPSA) is 48.7 Å². The van der Waals surface area contributed by atoms with E-state index in [2.05, 4.69) is 26.2 Å². The molecule has 1 aromatic heterocycles. The maximum atomic E-state index is 8.66. The van der Waals surface area contributed by atoms with Crippen molar-refractivity contribution in [2.24, 2.45) is 0 Å². The molecule has 3 nitrogen and oxygen atoms in total. The zero-order chi connectivity index (χ0) is 12.3. The highest BCUT2D eigenvalue weighted by molar-refractivity contribution is 9.10. The van der Waals surface area contributed by atoms with Gasteiger partial charge in [-0.2, -0.15) is 5.26 Å². The summed E-state index contributed by atoms with van der Waals surface area (Å²) in [6.07, 6.45) is 1.51. The van der Waals surface area contributed by atoms with Crippen molar-refractivity contribution in [3.63, 3.8) is 0 Å². The molecule has 1 aromatic carbocycles. The van der Waals surface area contributed by atoms with E-state index in [4.69, 9.17) is 16.9 Å². The van der Waals surface area contributed by atoms with Crippen molar-refractivity contribution in [3.05, 3.63) is 51.6 Å². The molecule has 0 spiro atoms. The first kappa shape index (κ1) is 11.9. The van der Waals surface area contributed by atoms with E-state index in [-0.39, 0.29) is 0 Å². The van der Waals surface area contributed by atoms with E-state index in [0.717, 1.165) is 10.2 Å². The fourth-order valence-electron chi connectivity index (χ4n) is 1.27. The summed E-state index contributed by atoms with van der Waals surface area (Å²) in [7, 11) is 0. The molecule has 0 fully saturated rings. The Morgan fingerprint density at radius 2 is 2.12 bits per heavy atom. The maximum Gasteiger partial charge on any atom is 0.130 e. The van der Waals surface area contributed by atoms with E-state index in [0.29, 0.717) is 16.4 Å². The molecule has 0 atom stereocenters. The van der Waals surface area contributed by atoms with Gasteiger partial charge in [0.15, 0.2) is 0 Å². The van der Waals surface area contributed by atoms with Crippen LogP contribution in [0.2, 0.25) is 5.02 Å². The second kappa shape index (κ2) is 5.17. The van der Waals surface area contributed by atoms with Crippen molar-refractivity contribution in [2.45, 2.75) is 0 Å². The van der Waals surface area contributed by atoms with E-state index >= 15 is 0 Å². The molecule has 0 radical (unpaired) electrons. The number of rotatable bonds is 2. The third kappa shape index (κ3) is 2.96. The minimum atomic E-state index is 0.528. The smallest absolute Gasteiger partial charge is 0.130 e. The van der Waals surface area contributed by atoms with Gasteiger partial charge in [0, 0.05) is 15.7 Å². The number of anilines is 2. The van der Waals surface area contributed by atoms with Gasteiger partial charge in [-0.15, -0.1) is 0 Å². The first-order chi connectivity index (χ1) is 8.19. The van der Waals surface area contributed by atoms with Gasteiger partial charge >= 0.3 is 0 Å². The van der Waals surface area contributed by atoms with Gasteiger partial charge in [-0.25, -0.2) is 4.98 Å². The van der Waals surface area contributed by atoms with E-state index in [9.17, 15) is 0 Å². The summed E-state index contributed by atoms with van der Waals surface area (Å²) in [6, 6.07) is 10.9. The fourth-order valence-corrected chi connectivity index (χ4v) is 1.78. The van der Waals surface area contributed by atoms with Gasteiger partial charge in [0.2, 0.25) is 0 Å². The number of halogens is 2. The van der Waals surface area contributed by atoms with E-state index < -0.39 is 0 Å². The van der Waals surface area contributed by atoms with Crippen molar-refractivity contribution in [3.8, 4) is 6.07 Å². The van der Waals surface area contributed by atoms with Crippen LogP contribution in [0.15, 0.2) is 41.0 Å². The SMILES string of the molecule is N#Cc1ccc(Nc2cc(Cl)ccc2Br)nc1. The largest absolute Gasteiger partial charge is 0.339 e. The summed E-state index contributed by atoms with van der Waals surface area (Å²) in [6.45, 7) is 0. The van der Waals surface area contributed by atoms with Crippen molar-refractivity contribution in [2.75, 3.05) is 5.32 Å². The van der Waals surface area contributed by atoms with Gasteiger partial charge in [-0.05, 0) is 46.3 Å². The molecule has 2 rings (SSSR count). The lowest BCUT2D eigenvalue weighted by Crippen LogP contribution is -1.94. The van der Waals surface area contributed by atoms with Gasteiger partial charge in [-0.1, -0.05) is 11.6 Å². The first-order valence-corrected chi connectivity index (χ1v) is 5.94. The average molecular weight is 309 g/mol. The number of benzene rings is 1. The summed E-state index contributed by atoms with van der Waals surface area (Å²) in [5, 5.41) is 12.4. The monoisotopic (exact) mass is 307 g/mol. The summed E-state index contributed by atoms with van der Waals surface area (Å²) < 4.78 is 0.896. The molecule has 1 heterocycles. The molecule has 0 amide bonds. The summed E-state index contributed by atoms with van der Waals surface area (Å²) in [4.78, 5) is 4.12. The molecule has 0 aliphatic carbocycles. The quantitative estimate of drug-likeness (QED) is 0.908. The summed E-state index contributed by atoms with van der Waals surface area (Å²) in [5.74, 6) is 0.659. The minimum absolute atomic E-state index is 0.528. The molecule has 0 saturated carbocycles. The lowest BCUT2D eigenvalue weighted by molar-refractivity contribution is 1.28. The Kier molecular flexibility index (Phi) is 3.62. The third-order valence-electron chi connectivity index (χ3n) is 2.08. The molecule has 0 aliphatic heterocycles. The number of aromatic nitrogens is 1. The van der Waals surface area contributed by atoms with Crippen LogP contribution in [0.1, 0.15) is 5.56 Å². The number of hydrogen-bond acceptors (Lipinski definition) is 3.